The van der Waals surface area contributed by atoms with Crippen molar-refractivity contribution in [3.05, 3.63) is 52.2 Å². The van der Waals surface area contributed by atoms with Crippen molar-refractivity contribution < 1.29 is 4.74 Å². The van der Waals surface area contributed by atoms with E-state index in [-0.39, 0.29) is 6.23 Å². The van der Waals surface area contributed by atoms with E-state index in [1.165, 1.54) is 16.2 Å². The first-order valence-corrected chi connectivity index (χ1v) is 7.90. The van der Waals surface area contributed by atoms with E-state index in [0.29, 0.717) is 6.04 Å². The summed E-state index contributed by atoms with van der Waals surface area (Å²) >= 11 is 1.76. The molecule has 0 N–H and O–H groups in total. The fourth-order valence-electron chi connectivity index (χ4n) is 2.97. The second-order valence-corrected chi connectivity index (χ2v) is 6.09. The van der Waals surface area contributed by atoms with Crippen LogP contribution < -0.4 is 4.74 Å². The number of hydrogen-bond acceptors (Lipinski definition) is 4. The molecular formula is C16H16N2OS. The lowest BCUT2D eigenvalue weighted by atomic mass is 9.98. The molecule has 0 saturated heterocycles. The van der Waals surface area contributed by atoms with Crippen LogP contribution in [0.15, 0.2) is 46.9 Å². The second-order valence-electron chi connectivity index (χ2n) is 5.14. The summed E-state index contributed by atoms with van der Waals surface area (Å²) < 4.78 is 6.08. The summed E-state index contributed by atoms with van der Waals surface area (Å²) in [6.07, 6.45) is 1.95. The maximum atomic E-state index is 6.08. The molecule has 0 spiro atoms. The topological polar surface area (TPSA) is 24.8 Å². The smallest absolute Gasteiger partial charge is 0.187 e. The van der Waals surface area contributed by atoms with Gasteiger partial charge in [0.15, 0.2) is 6.23 Å². The van der Waals surface area contributed by atoms with E-state index in [4.69, 9.17) is 9.84 Å². The van der Waals surface area contributed by atoms with Gasteiger partial charge < -0.3 is 4.74 Å². The number of benzene rings is 1. The van der Waals surface area contributed by atoms with Crippen LogP contribution in [-0.2, 0) is 0 Å². The Hall–Kier alpha value is -1.81. The van der Waals surface area contributed by atoms with E-state index in [1.54, 1.807) is 11.3 Å². The van der Waals surface area contributed by atoms with Gasteiger partial charge in [-0.2, -0.15) is 5.10 Å². The molecule has 4 heteroatoms. The molecule has 2 aromatic rings. The Balaban J connectivity index is 1.75. The quantitative estimate of drug-likeness (QED) is 0.832. The van der Waals surface area contributed by atoms with Gasteiger partial charge in [0.1, 0.15) is 5.75 Å². The summed E-state index contributed by atoms with van der Waals surface area (Å²) in [5.41, 5.74) is 2.44. The highest BCUT2D eigenvalue weighted by Gasteiger charge is 2.39. The van der Waals surface area contributed by atoms with E-state index in [9.17, 15) is 0 Å². The van der Waals surface area contributed by atoms with Crippen LogP contribution >= 0.6 is 11.3 Å². The summed E-state index contributed by atoms with van der Waals surface area (Å²) in [7, 11) is 0. The van der Waals surface area contributed by atoms with Crippen molar-refractivity contribution in [1.29, 1.82) is 0 Å². The number of para-hydroxylation sites is 1. The van der Waals surface area contributed by atoms with Crippen molar-refractivity contribution in [2.24, 2.45) is 5.10 Å². The Morgan fingerprint density at radius 2 is 2.20 bits per heavy atom. The Morgan fingerprint density at radius 1 is 1.30 bits per heavy atom. The first-order chi connectivity index (χ1) is 9.86. The van der Waals surface area contributed by atoms with Gasteiger partial charge in [-0.15, -0.1) is 11.3 Å². The van der Waals surface area contributed by atoms with Gasteiger partial charge in [0.25, 0.3) is 0 Å². The van der Waals surface area contributed by atoms with Gasteiger partial charge in [0, 0.05) is 18.4 Å². The largest absolute Gasteiger partial charge is 0.469 e. The van der Waals surface area contributed by atoms with Gasteiger partial charge in [-0.1, -0.05) is 31.2 Å². The van der Waals surface area contributed by atoms with Crippen LogP contribution in [0.25, 0.3) is 0 Å². The molecule has 4 rings (SSSR count). The van der Waals surface area contributed by atoms with Crippen LogP contribution in [-0.4, -0.2) is 16.9 Å². The van der Waals surface area contributed by atoms with Crippen LogP contribution in [0, 0.1) is 0 Å². The third-order valence-electron chi connectivity index (χ3n) is 3.93. The van der Waals surface area contributed by atoms with Crippen molar-refractivity contribution in [2.75, 3.05) is 0 Å². The Labute approximate surface area is 122 Å². The van der Waals surface area contributed by atoms with Crippen molar-refractivity contribution in [3.8, 4) is 5.75 Å². The van der Waals surface area contributed by atoms with Crippen molar-refractivity contribution in [3.63, 3.8) is 0 Å². The lowest BCUT2D eigenvalue weighted by molar-refractivity contribution is -0.0188. The first-order valence-electron chi connectivity index (χ1n) is 7.02. The summed E-state index contributed by atoms with van der Waals surface area (Å²) in [4.78, 5) is 1.27. The molecule has 0 amide bonds. The molecule has 102 valence electrons. The summed E-state index contributed by atoms with van der Waals surface area (Å²) in [6.45, 7) is 2.15. The maximum Gasteiger partial charge on any atom is 0.187 e. The van der Waals surface area contributed by atoms with Gasteiger partial charge in [0.05, 0.1) is 16.6 Å². The number of thiophene rings is 1. The van der Waals surface area contributed by atoms with E-state index in [2.05, 4.69) is 47.6 Å². The minimum atomic E-state index is 0.0485. The minimum Gasteiger partial charge on any atom is -0.469 e. The highest BCUT2D eigenvalue weighted by Crippen LogP contribution is 2.43. The normalized spacial score (nSPS) is 23.9. The molecule has 1 aromatic carbocycles. The van der Waals surface area contributed by atoms with Gasteiger partial charge in [-0.3, -0.25) is 5.01 Å². The number of rotatable bonds is 2. The van der Waals surface area contributed by atoms with Crippen molar-refractivity contribution in [1.82, 2.24) is 5.01 Å². The number of hydrazone groups is 1. The summed E-state index contributed by atoms with van der Waals surface area (Å²) in [5.74, 6) is 1.02. The molecule has 3 heterocycles. The SMILES string of the molecule is CC[C@H]1Oc2ccccc2[C@H]2CC(c3cccs3)=NN21. The zero-order chi connectivity index (χ0) is 13.5. The molecule has 0 bridgehead atoms. The molecule has 0 radical (unpaired) electrons. The lowest BCUT2D eigenvalue weighted by Crippen LogP contribution is -2.39. The van der Waals surface area contributed by atoms with Gasteiger partial charge in [0.2, 0.25) is 0 Å². The molecule has 0 fully saturated rings. The fraction of sp³-hybridized carbons (Fsp3) is 0.312. The Morgan fingerprint density at radius 3 is 3.00 bits per heavy atom. The van der Waals surface area contributed by atoms with Crippen LogP contribution in [0.5, 0.6) is 5.75 Å². The first kappa shape index (κ1) is 12.0. The molecule has 3 nitrogen and oxygen atoms in total. The molecule has 0 aliphatic carbocycles. The number of ether oxygens (including phenoxy) is 1. The summed E-state index contributed by atoms with van der Waals surface area (Å²) in [6, 6.07) is 12.9. The average molecular weight is 284 g/mol. The highest BCUT2D eigenvalue weighted by atomic mass is 32.1. The second kappa shape index (κ2) is 4.63. The molecule has 20 heavy (non-hydrogen) atoms. The molecule has 1 aromatic heterocycles. The Bertz CT molecular complexity index is 650. The van der Waals surface area contributed by atoms with E-state index >= 15 is 0 Å². The van der Waals surface area contributed by atoms with Crippen molar-refractivity contribution >= 4 is 17.0 Å². The highest BCUT2D eigenvalue weighted by molar-refractivity contribution is 7.12. The van der Waals surface area contributed by atoms with Gasteiger partial charge in [-0.05, 0) is 17.5 Å². The molecule has 0 unspecified atom stereocenters. The zero-order valence-corrected chi connectivity index (χ0v) is 12.1. The zero-order valence-electron chi connectivity index (χ0n) is 11.3. The maximum absolute atomic E-state index is 6.08. The fourth-order valence-corrected chi connectivity index (χ4v) is 3.69. The third-order valence-corrected chi connectivity index (χ3v) is 4.85. The van der Waals surface area contributed by atoms with Crippen molar-refractivity contribution in [2.45, 2.75) is 32.0 Å². The number of hydrogen-bond donors (Lipinski definition) is 0. The van der Waals surface area contributed by atoms with E-state index in [1.807, 2.05) is 6.07 Å². The number of nitrogens with zero attached hydrogens (tertiary/aromatic N) is 2. The monoisotopic (exact) mass is 284 g/mol. The van der Waals surface area contributed by atoms with E-state index < -0.39 is 0 Å². The van der Waals surface area contributed by atoms with Gasteiger partial charge in [-0.25, -0.2) is 0 Å². The molecule has 2 aliphatic rings. The minimum absolute atomic E-state index is 0.0485. The molecular weight excluding hydrogens is 268 g/mol. The number of fused-ring (bicyclic) bond motifs is 3. The molecule has 2 atom stereocenters. The van der Waals surface area contributed by atoms with E-state index in [0.717, 1.165) is 18.6 Å². The predicted octanol–water partition coefficient (Wildman–Crippen LogP) is 4.03. The average Bonchev–Trinajstić information content (AvgIpc) is 3.15. The van der Waals surface area contributed by atoms with Crippen LogP contribution in [0.4, 0.5) is 0 Å². The van der Waals surface area contributed by atoms with Crippen LogP contribution in [0.1, 0.15) is 36.2 Å². The van der Waals surface area contributed by atoms with Crippen LogP contribution in [0.2, 0.25) is 0 Å². The standard InChI is InChI=1S/C16H16N2OS/c1-2-16-18-13(11-6-3-4-7-14(11)19-16)10-12(17-18)15-8-5-9-20-15/h3-9,13,16H,2,10H2,1H3/t13-,16-/m1/s1. The molecule has 2 aliphatic heterocycles. The van der Waals surface area contributed by atoms with Crippen LogP contribution in [0.3, 0.4) is 0 Å². The summed E-state index contributed by atoms with van der Waals surface area (Å²) in [5, 5.41) is 9.10. The molecule has 0 saturated carbocycles. The lowest BCUT2D eigenvalue weighted by Gasteiger charge is -2.37. The Kier molecular flexibility index (Phi) is 2.77. The predicted molar refractivity (Wildman–Crippen MR) is 81.2 cm³/mol. The van der Waals surface area contributed by atoms with Gasteiger partial charge >= 0.3 is 0 Å². The third kappa shape index (κ3) is 1.75.